The number of hydrogen-bond donors (Lipinski definition) is 0. The van der Waals surface area contributed by atoms with Gasteiger partial charge in [0.05, 0.1) is 6.10 Å². The molecule has 0 unspecified atom stereocenters. The zero-order valence-corrected chi connectivity index (χ0v) is 19.9. The summed E-state index contributed by atoms with van der Waals surface area (Å²) in [5.41, 5.74) is 0. The first kappa shape index (κ1) is 24.5. The van der Waals surface area contributed by atoms with Gasteiger partial charge in [0.1, 0.15) is 0 Å². The average Bonchev–Trinajstić information content (AvgIpc) is 2.35. The van der Waals surface area contributed by atoms with Gasteiger partial charge >= 0.3 is 0 Å². The van der Waals surface area contributed by atoms with Crippen molar-refractivity contribution in [2.75, 3.05) is 0 Å². The third kappa shape index (κ3) is 6.35. The Balaban J connectivity index is 5.69. The molecule has 0 spiro atoms. The lowest BCUT2D eigenvalue weighted by atomic mass is 9.90. The molecule has 0 aromatic heterocycles. The van der Waals surface area contributed by atoms with E-state index >= 15 is 0 Å². The molecule has 0 aromatic carbocycles. The molecule has 0 aromatic rings. The fourth-order valence-electron chi connectivity index (χ4n) is 2.06. The summed E-state index contributed by atoms with van der Waals surface area (Å²) in [7, 11) is -2.04. The number of thioether (sulfide) groups is 1. The Morgan fingerprint density at radius 2 is 1.62 bits per heavy atom. The molecule has 0 aliphatic heterocycles. The van der Waals surface area contributed by atoms with Crippen LogP contribution < -0.4 is 0 Å². The molecule has 0 N–H and O–H groups in total. The van der Waals surface area contributed by atoms with E-state index in [0.717, 1.165) is 11.8 Å². The molecule has 0 amide bonds. The highest BCUT2D eigenvalue weighted by Gasteiger charge is 2.49. The van der Waals surface area contributed by atoms with Gasteiger partial charge in [-0.1, -0.05) is 89.5 Å². The van der Waals surface area contributed by atoms with Gasteiger partial charge in [-0.2, -0.15) is 0 Å². The van der Waals surface area contributed by atoms with Gasteiger partial charge in [-0.15, -0.1) is 6.58 Å². The van der Waals surface area contributed by atoms with Gasteiger partial charge < -0.3 is 4.43 Å². The first-order valence-corrected chi connectivity index (χ1v) is 13.0. The predicted molar refractivity (Wildman–Crippen MR) is 113 cm³/mol. The molecule has 142 valence electrons. The second kappa shape index (κ2) is 8.94. The first-order valence-electron chi connectivity index (χ1n) is 8.47. The number of carbonyl (C=O) groups is 1. The van der Waals surface area contributed by atoms with Crippen molar-refractivity contribution in [2.45, 2.75) is 82.3 Å². The summed E-state index contributed by atoms with van der Waals surface area (Å²) in [4.78, 5) is 12.6. The topological polar surface area (TPSA) is 26.3 Å². The van der Waals surface area contributed by atoms with Crippen LogP contribution in [0.15, 0.2) is 12.7 Å². The summed E-state index contributed by atoms with van der Waals surface area (Å²) < 4.78 is 5.05. The third-order valence-corrected chi connectivity index (χ3v) is 11.1. The minimum Gasteiger partial charge on any atom is -0.413 e. The van der Waals surface area contributed by atoms with Crippen molar-refractivity contribution >= 4 is 48.4 Å². The molecule has 2 atom stereocenters. The quantitative estimate of drug-likeness (QED) is 0.252. The highest BCUT2D eigenvalue weighted by molar-refractivity contribution is 8.14. The summed E-state index contributed by atoms with van der Waals surface area (Å²) in [6.45, 7) is 22.9. The fraction of sp³-hybridized carbons (Fsp3) is 0.833. The maximum absolute atomic E-state index is 12.6. The molecule has 24 heavy (non-hydrogen) atoms. The van der Waals surface area contributed by atoms with Crippen LogP contribution in [0.2, 0.25) is 18.1 Å². The van der Waals surface area contributed by atoms with Gasteiger partial charge in [-0.05, 0) is 24.1 Å². The molecule has 2 nitrogen and oxygen atoms in total. The van der Waals surface area contributed by atoms with Gasteiger partial charge in [0.2, 0.25) is 5.12 Å². The van der Waals surface area contributed by atoms with E-state index in [1.165, 1.54) is 0 Å². The molecule has 0 saturated heterocycles. The van der Waals surface area contributed by atoms with Crippen molar-refractivity contribution in [3.63, 3.8) is 0 Å². The second-order valence-corrected chi connectivity index (χ2v) is 16.1. The van der Waals surface area contributed by atoms with Crippen molar-refractivity contribution in [1.82, 2.24) is 0 Å². The van der Waals surface area contributed by atoms with Crippen molar-refractivity contribution in [2.24, 2.45) is 11.8 Å². The number of carbonyl (C=O) groups excluding carboxylic acids is 1. The summed E-state index contributed by atoms with van der Waals surface area (Å²) in [6.07, 6.45) is 1.42. The van der Waals surface area contributed by atoms with Gasteiger partial charge in [-0.3, -0.25) is 4.79 Å². The van der Waals surface area contributed by atoms with Crippen LogP contribution in [0.1, 0.15) is 48.5 Å². The maximum Gasteiger partial charge on any atom is 0.225 e. The van der Waals surface area contributed by atoms with E-state index in [9.17, 15) is 4.79 Å². The van der Waals surface area contributed by atoms with E-state index < -0.39 is 18.6 Å². The molecular formula is C18H34Cl2O2SSi. The maximum atomic E-state index is 12.6. The van der Waals surface area contributed by atoms with E-state index in [2.05, 4.69) is 54.3 Å². The Labute approximate surface area is 164 Å². The molecule has 0 radical (unpaired) electrons. The van der Waals surface area contributed by atoms with E-state index in [1.807, 2.05) is 13.8 Å². The van der Waals surface area contributed by atoms with E-state index in [1.54, 1.807) is 6.08 Å². The largest absolute Gasteiger partial charge is 0.413 e. The minimum absolute atomic E-state index is 0.0594. The van der Waals surface area contributed by atoms with Gasteiger partial charge in [0, 0.05) is 11.2 Å². The predicted octanol–water partition coefficient (Wildman–Crippen LogP) is 6.68. The van der Waals surface area contributed by atoms with Crippen LogP contribution >= 0.6 is 35.0 Å². The molecule has 0 aliphatic carbocycles. The Morgan fingerprint density at radius 1 is 1.17 bits per heavy atom. The average molecular weight is 414 g/mol. The summed E-state index contributed by atoms with van der Waals surface area (Å²) in [5.74, 6) is -0.301. The van der Waals surface area contributed by atoms with E-state index in [4.69, 9.17) is 27.6 Å². The number of alkyl halides is 2. The zero-order chi connectivity index (χ0) is 19.5. The molecule has 0 fully saturated rings. The van der Waals surface area contributed by atoms with E-state index in [0.29, 0.717) is 0 Å². The highest BCUT2D eigenvalue weighted by Crippen LogP contribution is 2.45. The molecular weight excluding hydrogens is 379 g/mol. The molecule has 0 saturated carbocycles. The van der Waals surface area contributed by atoms with Crippen LogP contribution in [0.5, 0.6) is 0 Å². The Kier molecular flexibility index (Phi) is 9.13. The van der Waals surface area contributed by atoms with Crippen LogP contribution in [-0.4, -0.2) is 29.1 Å². The van der Waals surface area contributed by atoms with Crippen LogP contribution in [0.25, 0.3) is 0 Å². The molecule has 0 bridgehead atoms. The SMILES string of the molecule is C=C[C@H]([C@@H](O[Si](C)(C)C(C)(C)C)C(C)C)C(Cl)(Cl)C(=O)SC(C)C. The van der Waals surface area contributed by atoms with E-state index in [-0.39, 0.29) is 27.4 Å². The monoisotopic (exact) mass is 412 g/mol. The van der Waals surface area contributed by atoms with Gasteiger partial charge in [0.15, 0.2) is 12.7 Å². The molecule has 0 heterocycles. The second-order valence-electron chi connectivity index (χ2n) is 8.43. The lowest BCUT2D eigenvalue weighted by Crippen LogP contribution is -2.51. The lowest BCUT2D eigenvalue weighted by Gasteiger charge is -2.44. The summed E-state index contributed by atoms with van der Waals surface area (Å²) in [6, 6.07) is 0. The molecule has 0 rings (SSSR count). The smallest absolute Gasteiger partial charge is 0.225 e. The molecule has 6 heteroatoms. The van der Waals surface area contributed by atoms with Crippen LogP contribution in [0.3, 0.4) is 0 Å². The Hall–Kier alpha value is 0.517. The van der Waals surface area contributed by atoms with Gasteiger partial charge in [0.25, 0.3) is 0 Å². The Bertz CT molecular complexity index is 443. The first-order chi connectivity index (χ1) is 10.6. The zero-order valence-electron chi connectivity index (χ0n) is 16.6. The Morgan fingerprint density at radius 3 is 1.92 bits per heavy atom. The summed E-state index contributed by atoms with van der Waals surface area (Å²) >= 11 is 14.2. The van der Waals surface area contributed by atoms with Crippen molar-refractivity contribution in [3.05, 3.63) is 12.7 Å². The van der Waals surface area contributed by atoms with Crippen molar-refractivity contribution < 1.29 is 9.22 Å². The number of rotatable bonds is 8. The van der Waals surface area contributed by atoms with Crippen molar-refractivity contribution in [1.29, 1.82) is 0 Å². The summed E-state index contributed by atoms with van der Waals surface area (Å²) in [5, 5.41) is -0.0574. The minimum atomic E-state index is -2.04. The van der Waals surface area contributed by atoms with Crippen molar-refractivity contribution in [3.8, 4) is 0 Å². The standard InChI is InChI=1S/C18H34Cl2O2SSi/c1-11-14(18(19,20)16(21)23-13(4)5)15(12(2)3)22-24(9,10)17(6,7)8/h11-15H,1H2,2-10H3/t14-,15+/m1/s1. The normalized spacial score (nSPS) is 16.4. The number of halogens is 2. The highest BCUT2D eigenvalue weighted by atomic mass is 35.5. The van der Waals surface area contributed by atoms with Crippen LogP contribution in [-0.2, 0) is 9.22 Å². The number of hydrogen-bond acceptors (Lipinski definition) is 3. The van der Waals surface area contributed by atoms with Crippen LogP contribution in [0, 0.1) is 11.8 Å². The molecule has 0 aliphatic rings. The van der Waals surface area contributed by atoms with Crippen LogP contribution in [0.4, 0.5) is 0 Å². The fourth-order valence-corrected chi connectivity index (χ4v) is 4.93. The van der Waals surface area contributed by atoms with Gasteiger partial charge in [-0.25, -0.2) is 0 Å². The third-order valence-electron chi connectivity index (χ3n) is 4.54. The lowest BCUT2D eigenvalue weighted by molar-refractivity contribution is -0.113.